The molecule has 0 atom stereocenters. The Bertz CT molecular complexity index is 585. The summed E-state index contributed by atoms with van der Waals surface area (Å²) in [6, 6.07) is 8.20. The zero-order chi connectivity index (χ0) is 14.6. The van der Waals surface area contributed by atoms with E-state index in [0.29, 0.717) is 11.4 Å². The Morgan fingerprint density at radius 3 is 2.50 bits per heavy atom. The summed E-state index contributed by atoms with van der Waals surface area (Å²) in [6.07, 6.45) is 3.78. The van der Waals surface area contributed by atoms with Gasteiger partial charge in [0.2, 0.25) is 0 Å². The fraction of sp³-hybridized carbons (Fsp3) is 0.267. The summed E-state index contributed by atoms with van der Waals surface area (Å²) >= 11 is 18.4. The lowest BCUT2D eigenvalue weighted by molar-refractivity contribution is 0.528. The predicted octanol–water partition coefficient (Wildman–Crippen LogP) is 4.83. The molecule has 0 saturated heterocycles. The topological polar surface area (TPSA) is 12.9 Å². The summed E-state index contributed by atoms with van der Waals surface area (Å²) in [5.74, 6) is 0.250. The van der Waals surface area contributed by atoms with Gasteiger partial charge >= 0.3 is 0 Å². The standard InChI is InChI=1S/C15H13Cl3FN/c16-9-15(10-17,12-2-1-3-13(19)6-12)7-11-4-5-20-8-14(11)18/h1-6,8H,7,9-10H2. The van der Waals surface area contributed by atoms with E-state index in [0.717, 1.165) is 11.1 Å². The van der Waals surface area contributed by atoms with Crippen LogP contribution in [0.1, 0.15) is 11.1 Å². The van der Waals surface area contributed by atoms with Gasteiger partial charge in [0.15, 0.2) is 0 Å². The van der Waals surface area contributed by atoms with Crippen LogP contribution in [-0.2, 0) is 11.8 Å². The largest absolute Gasteiger partial charge is 0.263 e. The second-order valence-corrected chi connectivity index (χ2v) is 5.64. The molecule has 0 aliphatic carbocycles. The third kappa shape index (κ3) is 3.25. The normalized spacial score (nSPS) is 11.6. The lowest BCUT2D eigenvalue weighted by Gasteiger charge is -2.30. The third-order valence-corrected chi connectivity index (χ3v) is 4.70. The molecule has 0 bridgehead atoms. The summed E-state index contributed by atoms with van der Waals surface area (Å²) < 4.78 is 13.5. The zero-order valence-electron chi connectivity index (χ0n) is 10.6. The number of aromatic nitrogens is 1. The Balaban J connectivity index is 2.42. The van der Waals surface area contributed by atoms with Crippen molar-refractivity contribution in [3.63, 3.8) is 0 Å². The molecule has 5 heteroatoms. The van der Waals surface area contributed by atoms with Crippen molar-refractivity contribution in [3.8, 4) is 0 Å². The Hall–Kier alpha value is -0.830. The lowest BCUT2D eigenvalue weighted by Crippen LogP contribution is -2.33. The third-order valence-electron chi connectivity index (χ3n) is 3.33. The number of hydrogen-bond acceptors (Lipinski definition) is 1. The minimum absolute atomic E-state index is 0.276. The number of benzene rings is 1. The fourth-order valence-electron chi connectivity index (χ4n) is 2.12. The summed E-state index contributed by atoms with van der Waals surface area (Å²) in [5, 5.41) is 0.559. The smallest absolute Gasteiger partial charge is 0.123 e. The molecule has 0 spiro atoms. The van der Waals surface area contributed by atoms with Crippen molar-refractivity contribution in [1.82, 2.24) is 4.98 Å². The van der Waals surface area contributed by atoms with E-state index in [1.54, 1.807) is 18.5 Å². The lowest BCUT2D eigenvalue weighted by atomic mass is 9.79. The maximum absolute atomic E-state index is 13.5. The minimum Gasteiger partial charge on any atom is -0.263 e. The first-order valence-electron chi connectivity index (χ1n) is 6.08. The van der Waals surface area contributed by atoms with Crippen molar-refractivity contribution in [1.29, 1.82) is 0 Å². The van der Waals surface area contributed by atoms with Crippen LogP contribution in [0, 0.1) is 5.82 Å². The van der Waals surface area contributed by atoms with Crippen LogP contribution in [0.15, 0.2) is 42.7 Å². The Labute approximate surface area is 132 Å². The van der Waals surface area contributed by atoms with Gasteiger partial charge in [0.1, 0.15) is 5.82 Å². The maximum atomic E-state index is 13.5. The monoisotopic (exact) mass is 331 g/mol. The number of alkyl halides is 2. The molecule has 1 aromatic carbocycles. The molecule has 2 rings (SSSR count). The van der Waals surface area contributed by atoms with Crippen molar-refractivity contribution in [2.24, 2.45) is 0 Å². The number of nitrogens with zero attached hydrogens (tertiary/aromatic N) is 1. The van der Waals surface area contributed by atoms with E-state index in [2.05, 4.69) is 4.98 Å². The molecule has 106 valence electrons. The highest BCUT2D eigenvalue weighted by atomic mass is 35.5. The van der Waals surface area contributed by atoms with Crippen LogP contribution < -0.4 is 0 Å². The van der Waals surface area contributed by atoms with E-state index in [-0.39, 0.29) is 17.6 Å². The summed E-state index contributed by atoms with van der Waals surface area (Å²) in [7, 11) is 0. The molecule has 0 unspecified atom stereocenters. The van der Waals surface area contributed by atoms with Gasteiger partial charge in [-0.3, -0.25) is 4.98 Å². The Kier molecular flexibility index (Phi) is 5.25. The molecule has 1 nitrogen and oxygen atoms in total. The Morgan fingerprint density at radius 1 is 1.15 bits per heavy atom. The second-order valence-electron chi connectivity index (χ2n) is 4.70. The van der Waals surface area contributed by atoms with E-state index in [1.807, 2.05) is 12.1 Å². The number of rotatable bonds is 5. The molecule has 1 heterocycles. The van der Waals surface area contributed by atoms with Gasteiger partial charge in [0, 0.05) is 29.6 Å². The molecule has 0 aliphatic heterocycles. The molecule has 0 radical (unpaired) electrons. The average molecular weight is 333 g/mol. The SMILES string of the molecule is Fc1cccc(C(CCl)(CCl)Cc2ccncc2Cl)c1. The number of pyridine rings is 1. The van der Waals surface area contributed by atoms with Crippen molar-refractivity contribution in [2.75, 3.05) is 11.8 Å². The van der Waals surface area contributed by atoms with Gasteiger partial charge in [-0.25, -0.2) is 4.39 Å². The van der Waals surface area contributed by atoms with Crippen LogP contribution in [-0.4, -0.2) is 16.7 Å². The van der Waals surface area contributed by atoms with Crippen LogP contribution in [0.25, 0.3) is 0 Å². The van der Waals surface area contributed by atoms with Gasteiger partial charge in [0.05, 0.1) is 5.02 Å². The molecular formula is C15H13Cl3FN. The predicted molar refractivity (Wildman–Crippen MR) is 82.5 cm³/mol. The first kappa shape index (κ1) is 15.6. The molecule has 0 N–H and O–H groups in total. The van der Waals surface area contributed by atoms with Crippen LogP contribution in [0.3, 0.4) is 0 Å². The van der Waals surface area contributed by atoms with Crippen LogP contribution in [0.5, 0.6) is 0 Å². The van der Waals surface area contributed by atoms with E-state index < -0.39 is 5.41 Å². The highest BCUT2D eigenvalue weighted by molar-refractivity contribution is 6.31. The van der Waals surface area contributed by atoms with Gasteiger partial charge < -0.3 is 0 Å². The van der Waals surface area contributed by atoms with E-state index in [9.17, 15) is 4.39 Å². The van der Waals surface area contributed by atoms with Gasteiger partial charge in [-0.05, 0) is 35.7 Å². The van der Waals surface area contributed by atoms with Gasteiger partial charge in [-0.15, -0.1) is 23.2 Å². The van der Waals surface area contributed by atoms with Crippen molar-refractivity contribution >= 4 is 34.8 Å². The number of halogens is 4. The molecule has 1 aromatic heterocycles. The molecular weight excluding hydrogens is 320 g/mol. The summed E-state index contributed by atoms with van der Waals surface area (Å²) in [6.45, 7) is 0. The quantitative estimate of drug-likeness (QED) is 0.714. The highest BCUT2D eigenvalue weighted by Crippen LogP contribution is 2.33. The van der Waals surface area contributed by atoms with Crippen LogP contribution in [0.2, 0.25) is 5.02 Å². The van der Waals surface area contributed by atoms with Crippen molar-refractivity contribution in [3.05, 3.63) is 64.7 Å². The molecule has 2 aromatic rings. The first-order valence-corrected chi connectivity index (χ1v) is 7.52. The van der Waals surface area contributed by atoms with Gasteiger partial charge in [-0.1, -0.05) is 23.7 Å². The fourth-order valence-corrected chi connectivity index (χ4v) is 3.09. The molecule has 0 fully saturated rings. The molecule has 20 heavy (non-hydrogen) atoms. The van der Waals surface area contributed by atoms with Crippen LogP contribution in [0.4, 0.5) is 4.39 Å². The average Bonchev–Trinajstić information content (AvgIpc) is 2.47. The van der Waals surface area contributed by atoms with Gasteiger partial charge in [-0.2, -0.15) is 0 Å². The van der Waals surface area contributed by atoms with E-state index in [1.165, 1.54) is 12.1 Å². The molecule has 0 saturated carbocycles. The zero-order valence-corrected chi connectivity index (χ0v) is 12.9. The number of hydrogen-bond donors (Lipinski definition) is 0. The molecule has 0 aliphatic rings. The van der Waals surface area contributed by atoms with Crippen molar-refractivity contribution in [2.45, 2.75) is 11.8 Å². The molecule has 0 amide bonds. The van der Waals surface area contributed by atoms with Crippen molar-refractivity contribution < 1.29 is 4.39 Å². The highest BCUT2D eigenvalue weighted by Gasteiger charge is 2.32. The van der Waals surface area contributed by atoms with Gasteiger partial charge in [0.25, 0.3) is 0 Å². The van der Waals surface area contributed by atoms with Crippen LogP contribution >= 0.6 is 34.8 Å². The van der Waals surface area contributed by atoms with E-state index in [4.69, 9.17) is 34.8 Å². The Morgan fingerprint density at radius 2 is 1.90 bits per heavy atom. The second kappa shape index (κ2) is 6.75. The minimum atomic E-state index is -0.559. The first-order chi connectivity index (χ1) is 9.61. The van der Waals surface area contributed by atoms with E-state index >= 15 is 0 Å². The maximum Gasteiger partial charge on any atom is 0.123 e. The summed E-state index contributed by atoms with van der Waals surface area (Å²) in [5.41, 5.74) is 1.11. The summed E-state index contributed by atoms with van der Waals surface area (Å²) in [4.78, 5) is 3.96.